The normalized spacial score (nSPS) is 24.5. The fourth-order valence-corrected chi connectivity index (χ4v) is 5.78. The molecule has 3 heterocycles. The number of rotatable bonds is 6. The number of hydrogen-bond acceptors (Lipinski definition) is 8. The molecule has 0 radical (unpaired) electrons. The van der Waals surface area contributed by atoms with Crippen LogP contribution in [0, 0.1) is 17.2 Å². The number of anilines is 1. The van der Waals surface area contributed by atoms with Crippen LogP contribution in [-0.2, 0) is 13.6 Å². The van der Waals surface area contributed by atoms with Gasteiger partial charge in [0.2, 0.25) is 0 Å². The molecule has 1 saturated heterocycles. The Morgan fingerprint density at radius 1 is 1.06 bits per heavy atom. The van der Waals surface area contributed by atoms with E-state index in [2.05, 4.69) is 88.8 Å². The zero-order valence-electron chi connectivity index (χ0n) is 22.2. The van der Waals surface area contributed by atoms with Crippen molar-refractivity contribution < 1.29 is 13.6 Å². The van der Waals surface area contributed by atoms with E-state index in [4.69, 9.17) is 19.3 Å². The zero-order valence-corrected chi connectivity index (χ0v) is 24.2. The Bertz CT molecular complexity index is 1070. The van der Waals surface area contributed by atoms with Crippen LogP contribution in [0.5, 0.6) is 0 Å². The number of nitriles is 1. The highest BCUT2D eigenvalue weighted by molar-refractivity contribution is 6.74. The van der Waals surface area contributed by atoms with Crippen LogP contribution in [0.25, 0.3) is 11.2 Å². The standard InChI is InChI=1S/C23H40N6O3Si2/c1-22(2,3)33(7,8)30-12-16-15(11-24)18(32-34(9,10)23(4,5)6)21(31-16)29-14-28-17-19(25)26-13-27-20(17)29/h13-16,18,21H,12H2,1-10H3,(H2,25,26,27). The maximum Gasteiger partial charge on any atom is 0.192 e. The van der Waals surface area contributed by atoms with Gasteiger partial charge in [-0.1, -0.05) is 41.5 Å². The van der Waals surface area contributed by atoms with Crippen molar-refractivity contribution in [3.05, 3.63) is 12.7 Å². The average molecular weight is 505 g/mol. The molecule has 188 valence electrons. The molecule has 3 rings (SSSR count). The average Bonchev–Trinajstić information content (AvgIpc) is 3.26. The number of imidazole rings is 1. The van der Waals surface area contributed by atoms with Gasteiger partial charge in [0, 0.05) is 0 Å². The second kappa shape index (κ2) is 8.98. The molecule has 0 bridgehead atoms. The molecular formula is C23H40N6O3Si2. The van der Waals surface area contributed by atoms with Crippen LogP contribution in [-0.4, -0.2) is 55.0 Å². The number of fused-ring (bicyclic) bond motifs is 1. The molecule has 0 amide bonds. The Hall–Kier alpha value is -1.85. The summed E-state index contributed by atoms with van der Waals surface area (Å²) in [6.07, 6.45) is 1.55. The van der Waals surface area contributed by atoms with Gasteiger partial charge in [-0.2, -0.15) is 5.26 Å². The van der Waals surface area contributed by atoms with Crippen molar-refractivity contribution in [3.8, 4) is 6.07 Å². The number of hydrogen-bond donors (Lipinski definition) is 1. The Morgan fingerprint density at radius 3 is 2.24 bits per heavy atom. The largest absolute Gasteiger partial charge is 0.414 e. The number of ether oxygens (including phenoxy) is 1. The van der Waals surface area contributed by atoms with Crippen molar-refractivity contribution in [3.63, 3.8) is 0 Å². The van der Waals surface area contributed by atoms with E-state index < -0.39 is 41.0 Å². The van der Waals surface area contributed by atoms with E-state index in [1.54, 1.807) is 6.33 Å². The van der Waals surface area contributed by atoms with E-state index >= 15 is 0 Å². The van der Waals surface area contributed by atoms with Crippen molar-refractivity contribution in [1.82, 2.24) is 19.5 Å². The molecule has 4 unspecified atom stereocenters. The van der Waals surface area contributed by atoms with Gasteiger partial charge in [-0.05, 0) is 36.3 Å². The maximum absolute atomic E-state index is 10.3. The highest BCUT2D eigenvalue weighted by Crippen LogP contribution is 2.45. The number of aromatic nitrogens is 4. The van der Waals surface area contributed by atoms with E-state index in [0.717, 1.165) is 0 Å². The van der Waals surface area contributed by atoms with Gasteiger partial charge in [0.1, 0.15) is 30.0 Å². The lowest BCUT2D eigenvalue weighted by Crippen LogP contribution is -2.47. The van der Waals surface area contributed by atoms with E-state index in [-0.39, 0.29) is 10.1 Å². The molecule has 1 aliphatic heterocycles. The third-order valence-corrected chi connectivity index (χ3v) is 16.8. The fourth-order valence-electron chi connectivity index (χ4n) is 3.47. The van der Waals surface area contributed by atoms with Gasteiger partial charge in [-0.15, -0.1) is 0 Å². The maximum atomic E-state index is 10.3. The number of nitrogens with two attached hydrogens (primary N) is 1. The van der Waals surface area contributed by atoms with Crippen LogP contribution < -0.4 is 5.73 Å². The molecule has 1 fully saturated rings. The molecule has 0 saturated carbocycles. The molecule has 34 heavy (non-hydrogen) atoms. The summed E-state index contributed by atoms with van der Waals surface area (Å²) >= 11 is 0. The predicted molar refractivity (Wildman–Crippen MR) is 138 cm³/mol. The minimum atomic E-state index is -2.23. The molecule has 1 aliphatic rings. The van der Waals surface area contributed by atoms with Gasteiger partial charge < -0.3 is 19.3 Å². The smallest absolute Gasteiger partial charge is 0.192 e. The van der Waals surface area contributed by atoms with Gasteiger partial charge in [0.25, 0.3) is 0 Å². The van der Waals surface area contributed by atoms with Gasteiger partial charge in [0.05, 0.1) is 19.0 Å². The molecule has 0 spiro atoms. The fraction of sp³-hybridized carbons (Fsp3) is 0.739. The molecule has 2 aromatic heterocycles. The zero-order chi connectivity index (χ0) is 25.7. The molecule has 2 aromatic rings. The first-order valence-electron chi connectivity index (χ1n) is 11.8. The topological polar surface area (TPSA) is 121 Å². The lowest BCUT2D eigenvalue weighted by Gasteiger charge is -2.40. The van der Waals surface area contributed by atoms with Crippen LogP contribution in [0.3, 0.4) is 0 Å². The molecule has 2 N–H and O–H groups in total. The van der Waals surface area contributed by atoms with Crippen LogP contribution in [0.15, 0.2) is 12.7 Å². The van der Waals surface area contributed by atoms with Crippen LogP contribution >= 0.6 is 0 Å². The lowest BCUT2D eigenvalue weighted by molar-refractivity contribution is -0.0447. The molecule has 11 heteroatoms. The molecule has 0 aliphatic carbocycles. The predicted octanol–water partition coefficient (Wildman–Crippen LogP) is 4.86. The summed E-state index contributed by atoms with van der Waals surface area (Å²) in [5, 5.41) is 10.3. The minimum absolute atomic E-state index is 0.0309. The summed E-state index contributed by atoms with van der Waals surface area (Å²) < 4.78 is 21.7. The lowest BCUT2D eigenvalue weighted by atomic mass is 10.0. The minimum Gasteiger partial charge on any atom is -0.414 e. The summed E-state index contributed by atoms with van der Waals surface area (Å²) in [5.41, 5.74) is 7.08. The summed E-state index contributed by atoms with van der Waals surface area (Å²) in [4.78, 5) is 12.9. The van der Waals surface area contributed by atoms with E-state index in [9.17, 15) is 5.26 Å². The summed E-state index contributed by atoms with van der Waals surface area (Å²) in [6, 6.07) is 2.48. The Kier molecular flexibility index (Phi) is 7.07. The van der Waals surface area contributed by atoms with Crippen molar-refractivity contribution in [1.29, 1.82) is 5.26 Å². The highest BCUT2D eigenvalue weighted by atomic mass is 28.4. The Labute approximate surface area is 205 Å². The van der Waals surface area contributed by atoms with Crippen molar-refractivity contribution in [2.45, 2.75) is 96.2 Å². The second-order valence-electron chi connectivity index (χ2n) is 12.2. The SMILES string of the molecule is CC(C)(C)[Si](C)(C)OCC1OC(n2cnc3c(N)ncnc32)C(O[Si](C)(C)C(C)(C)C)C1C#N. The first kappa shape index (κ1) is 26.8. The monoisotopic (exact) mass is 504 g/mol. The highest BCUT2D eigenvalue weighted by Gasteiger charge is 2.52. The number of nitrogen functional groups attached to an aromatic ring is 1. The van der Waals surface area contributed by atoms with Crippen LogP contribution in [0.1, 0.15) is 47.8 Å². The second-order valence-corrected chi connectivity index (χ2v) is 21.8. The van der Waals surface area contributed by atoms with Crippen LogP contribution in [0.2, 0.25) is 36.3 Å². The number of nitrogens with zero attached hydrogens (tertiary/aromatic N) is 5. The van der Waals surface area contributed by atoms with Gasteiger partial charge >= 0.3 is 0 Å². The van der Waals surface area contributed by atoms with Gasteiger partial charge in [-0.25, -0.2) is 15.0 Å². The summed E-state index contributed by atoms with van der Waals surface area (Å²) in [5.74, 6) is -0.196. The molecular weight excluding hydrogens is 464 g/mol. The summed E-state index contributed by atoms with van der Waals surface area (Å²) in [6.45, 7) is 22.3. The first-order chi connectivity index (χ1) is 15.5. The van der Waals surface area contributed by atoms with Crippen LogP contribution in [0.4, 0.5) is 5.82 Å². The molecule has 9 nitrogen and oxygen atoms in total. The van der Waals surface area contributed by atoms with Gasteiger partial charge in [0.15, 0.2) is 34.3 Å². The quantitative estimate of drug-likeness (QED) is 0.554. The molecule has 0 aromatic carbocycles. The van der Waals surface area contributed by atoms with Gasteiger partial charge in [-0.3, -0.25) is 4.57 Å². The first-order valence-corrected chi connectivity index (χ1v) is 17.6. The van der Waals surface area contributed by atoms with Crippen molar-refractivity contribution in [2.75, 3.05) is 12.3 Å². The van der Waals surface area contributed by atoms with E-state index in [1.807, 2.05) is 4.57 Å². The third-order valence-electron chi connectivity index (χ3n) is 7.81. The Balaban J connectivity index is 2.01. The van der Waals surface area contributed by atoms with E-state index in [1.165, 1.54) is 6.33 Å². The summed E-state index contributed by atoms with van der Waals surface area (Å²) in [7, 11) is -4.26. The van der Waals surface area contributed by atoms with E-state index in [0.29, 0.717) is 23.6 Å². The van der Waals surface area contributed by atoms with Crippen molar-refractivity contribution >= 4 is 33.6 Å². The third kappa shape index (κ3) is 4.92. The molecule has 4 atom stereocenters. The Morgan fingerprint density at radius 2 is 1.68 bits per heavy atom. The van der Waals surface area contributed by atoms with Crippen molar-refractivity contribution in [2.24, 2.45) is 5.92 Å².